The lowest BCUT2D eigenvalue weighted by molar-refractivity contribution is 0.600. The van der Waals surface area contributed by atoms with Crippen molar-refractivity contribution in [3.8, 4) is 0 Å². The number of rotatable bonds is 3. The number of benzene rings is 2. The summed E-state index contributed by atoms with van der Waals surface area (Å²) in [5.74, 6) is 0.179. The van der Waals surface area contributed by atoms with E-state index in [2.05, 4.69) is 14.7 Å². The zero-order valence-electron chi connectivity index (χ0n) is 11.3. The molecule has 3 aromatic rings. The van der Waals surface area contributed by atoms with E-state index < -0.39 is 10.0 Å². The minimum atomic E-state index is -3.74. The van der Waals surface area contributed by atoms with Gasteiger partial charge < -0.3 is 10.7 Å². The third-order valence-electron chi connectivity index (χ3n) is 3.24. The molecule has 0 aliphatic rings. The summed E-state index contributed by atoms with van der Waals surface area (Å²) >= 11 is 0. The molecule has 1 aromatic heterocycles. The summed E-state index contributed by atoms with van der Waals surface area (Å²) in [6.07, 6.45) is 0. The van der Waals surface area contributed by atoms with Crippen LogP contribution in [0.2, 0.25) is 0 Å². The number of nitrogen functional groups attached to an aromatic ring is 1. The van der Waals surface area contributed by atoms with Gasteiger partial charge in [0.05, 0.1) is 15.9 Å². The number of nitrogens with two attached hydrogens (primary N) is 1. The van der Waals surface area contributed by atoms with Crippen molar-refractivity contribution in [3.05, 3.63) is 48.0 Å². The number of fused-ring (bicyclic) bond motifs is 1. The summed E-state index contributed by atoms with van der Waals surface area (Å²) in [5, 5.41) is 0. The highest BCUT2D eigenvalue weighted by atomic mass is 32.2. The van der Waals surface area contributed by atoms with Crippen LogP contribution in [0.3, 0.4) is 0 Å². The van der Waals surface area contributed by atoms with E-state index in [1.807, 2.05) is 18.2 Å². The minimum Gasteiger partial charge on any atom is -0.398 e. The monoisotopic (exact) mass is 302 g/mol. The molecule has 0 bridgehead atoms. The molecule has 0 amide bonds. The van der Waals surface area contributed by atoms with Gasteiger partial charge in [-0.05, 0) is 36.8 Å². The van der Waals surface area contributed by atoms with Crippen molar-refractivity contribution in [2.45, 2.75) is 11.8 Å². The average molecular weight is 302 g/mol. The number of H-pyrrole nitrogens is 1. The van der Waals surface area contributed by atoms with Crippen LogP contribution in [-0.2, 0) is 10.0 Å². The molecule has 0 radical (unpaired) electrons. The Balaban J connectivity index is 2.01. The molecule has 0 atom stereocenters. The molecule has 21 heavy (non-hydrogen) atoms. The topological polar surface area (TPSA) is 101 Å². The zero-order chi connectivity index (χ0) is 15.0. The maximum Gasteiger partial charge on any atom is 0.264 e. The highest BCUT2D eigenvalue weighted by Gasteiger charge is 2.19. The van der Waals surface area contributed by atoms with Crippen LogP contribution in [0.15, 0.2) is 47.4 Å². The molecular weight excluding hydrogens is 288 g/mol. The third kappa shape index (κ3) is 2.43. The first kappa shape index (κ1) is 13.4. The first-order valence-corrected chi connectivity index (χ1v) is 7.78. The number of nitrogens with zero attached hydrogens (tertiary/aromatic N) is 1. The molecular formula is C14H14N4O2S. The number of aromatic nitrogens is 2. The summed E-state index contributed by atoms with van der Waals surface area (Å²) in [7, 11) is -3.74. The van der Waals surface area contributed by atoms with Crippen molar-refractivity contribution in [3.63, 3.8) is 0 Å². The molecule has 0 unspecified atom stereocenters. The van der Waals surface area contributed by atoms with Gasteiger partial charge in [-0.1, -0.05) is 18.2 Å². The largest absolute Gasteiger partial charge is 0.398 e. The van der Waals surface area contributed by atoms with E-state index in [0.717, 1.165) is 5.52 Å². The van der Waals surface area contributed by atoms with Gasteiger partial charge >= 0.3 is 0 Å². The quantitative estimate of drug-likeness (QED) is 0.646. The number of imidazole rings is 1. The fourth-order valence-electron chi connectivity index (χ4n) is 2.11. The molecule has 0 aliphatic carbocycles. The highest BCUT2D eigenvalue weighted by Crippen LogP contribution is 2.23. The summed E-state index contributed by atoms with van der Waals surface area (Å²) in [5.41, 5.74) is 8.16. The van der Waals surface area contributed by atoms with E-state index in [0.29, 0.717) is 16.8 Å². The highest BCUT2D eigenvalue weighted by molar-refractivity contribution is 7.92. The predicted octanol–water partition coefficient (Wildman–Crippen LogP) is 2.25. The van der Waals surface area contributed by atoms with Crippen molar-refractivity contribution in [1.82, 2.24) is 9.97 Å². The Hall–Kier alpha value is -2.54. The number of para-hydroxylation sites is 2. The second-order valence-corrected chi connectivity index (χ2v) is 6.33. The molecule has 1 heterocycles. The number of anilines is 2. The average Bonchev–Trinajstić information content (AvgIpc) is 2.82. The van der Waals surface area contributed by atoms with Gasteiger partial charge in [-0.3, -0.25) is 0 Å². The lowest BCUT2D eigenvalue weighted by atomic mass is 10.2. The van der Waals surface area contributed by atoms with Gasteiger partial charge in [0, 0.05) is 5.69 Å². The minimum absolute atomic E-state index is 0.142. The number of hydrogen-bond acceptors (Lipinski definition) is 4. The third-order valence-corrected chi connectivity index (χ3v) is 4.72. The molecule has 0 aliphatic heterocycles. The molecule has 0 spiro atoms. The second-order valence-electron chi connectivity index (χ2n) is 4.68. The van der Waals surface area contributed by atoms with Crippen LogP contribution in [0.4, 0.5) is 11.6 Å². The molecule has 3 rings (SSSR count). The molecule has 6 nitrogen and oxygen atoms in total. The molecule has 0 fully saturated rings. The predicted molar refractivity (Wildman–Crippen MR) is 82.5 cm³/mol. The van der Waals surface area contributed by atoms with Gasteiger partial charge in [-0.25, -0.2) is 18.1 Å². The molecule has 4 N–H and O–H groups in total. The first-order chi connectivity index (χ1) is 9.97. The van der Waals surface area contributed by atoms with Crippen molar-refractivity contribution in [2.24, 2.45) is 0 Å². The normalized spacial score (nSPS) is 11.7. The number of aromatic amines is 1. The van der Waals surface area contributed by atoms with Gasteiger partial charge in [-0.15, -0.1) is 0 Å². The van der Waals surface area contributed by atoms with Gasteiger partial charge in [0.2, 0.25) is 5.95 Å². The Bertz CT molecular complexity index is 883. The maximum absolute atomic E-state index is 12.4. The molecule has 0 saturated carbocycles. The van der Waals surface area contributed by atoms with Crippen LogP contribution in [-0.4, -0.2) is 18.4 Å². The summed E-state index contributed by atoms with van der Waals surface area (Å²) < 4.78 is 27.3. The Morgan fingerprint density at radius 3 is 2.67 bits per heavy atom. The van der Waals surface area contributed by atoms with E-state index in [1.165, 1.54) is 6.07 Å². The second kappa shape index (κ2) is 4.78. The van der Waals surface area contributed by atoms with Gasteiger partial charge in [0.25, 0.3) is 10.0 Å². The van der Waals surface area contributed by atoms with E-state index in [4.69, 9.17) is 5.73 Å². The Morgan fingerprint density at radius 2 is 1.90 bits per heavy atom. The van der Waals surface area contributed by atoms with Crippen molar-refractivity contribution < 1.29 is 8.42 Å². The van der Waals surface area contributed by atoms with E-state index >= 15 is 0 Å². The van der Waals surface area contributed by atoms with E-state index in [1.54, 1.807) is 25.1 Å². The number of hydrogen-bond donors (Lipinski definition) is 3. The maximum atomic E-state index is 12.4. The SMILES string of the molecule is Cc1c(N)cccc1S(=O)(=O)Nc1nc2ccccc2[nH]1. The Morgan fingerprint density at radius 1 is 1.14 bits per heavy atom. The van der Waals surface area contributed by atoms with Crippen LogP contribution in [0.1, 0.15) is 5.56 Å². The van der Waals surface area contributed by atoms with Crippen LogP contribution in [0.5, 0.6) is 0 Å². The van der Waals surface area contributed by atoms with Crippen LogP contribution in [0.25, 0.3) is 11.0 Å². The van der Waals surface area contributed by atoms with Crippen LogP contribution >= 0.6 is 0 Å². The number of sulfonamides is 1. The smallest absolute Gasteiger partial charge is 0.264 e. The van der Waals surface area contributed by atoms with Crippen molar-refractivity contribution in [1.29, 1.82) is 0 Å². The van der Waals surface area contributed by atoms with Gasteiger partial charge in [0.1, 0.15) is 0 Å². The Labute approximate surface area is 122 Å². The van der Waals surface area contributed by atoms with E-state index in [9.17, 15) is 8.42 Å². The van der Waals surface area contributed by atoms with Crippen molar-refractivity contribution in [2.75, 3.05) is 10.5 Å². The molecule has 2 aromatic carbocycles. The summed E-state index contributed by atoms with van der Waals surface area (Å²) in [6.45, 7) is 1.67. The van der Waals surface area contributed by atoms with Crippen LogP contribution in [0, 0.1) is 6.92 Å². The molecule has 0 saturated heterocycles. The van der Waals surface area contributed by atoms with Crippen LogP contribution < -0.4 is 10.5 Å². The molecule has 108 valence electrons. The fourth-order valence-corrected chi connectivity index (χ4v) is 3.35. The summed E-state index contributed by atoms with van der Waals surface area (Å²) in [4.78, 5) is 7.26. The lowest BCUT2D eigenvalue weighted by Gasteiger charge is -2.09. The molecule has 7 heteroatoms. The lowest BCUT2D eigenvalue weighted by Crippen LogP contribution is -2.15. The standard InChI is InChI=1S/C14H14N4O2S/c1-9-10(15)5-4-8-13(9)21(19,20)18-14-16-11-6-2-3-7-12(11)17-14/h2-8H,15H2,1H3,(H2,16,17,18). The fraction of sp³-hybridized carbons (Fsp3) is 0.0714. The zero-order valence-corrected chi connectivity index (χ0v) is 12.1. The van der Waals surface area contributed by atoms with Gasteiger partial charge in [-0.2, -0.15) is 0 Å². The number of nitrogens with one attached hydrogen (secondary N) is 2. The Kier molecular flexibility index (Phi) is 3.06. The van der Waals surface area contributed by atoms with E-state index in [-0.39, 0.29) is 10.8 Å². The van der Waals surface area contributed by atoms with Crippen molar-refractivity contribution >= 4 is 32.7 Å². The first-order valence-electron chi connectivity index (χ1n) is 6.30. The summed E-state index contributed by atoms with van der Waals surface area (Å²) in [6, 6.07) is 12.1. The van der Waals surface area contributed by atoms with Gasteiger partial charge in [0.15, 0.2) is 0 Å².